The van der Waals surface area contributed by atoms with Crippen LogP contribution >= 0.6 is 23.2 Å². The Hall–Kier alpha value is -1.30. The lowest BCUT2D eigenvalue weighted by atomic mass is 10.2. The number of ether oxygens (including phenoxy) is 1. The first-order chi connectivity index (χ1) is 9.35. The van der Waals surface area contributed by atoms with Crippen LogP contribution < -0.4 is 10.2 Å². The van der Waals surface area contributed by atoms with Crippen LogP contribution in [0.5, 0.6) is 0 Å². The number of amides is 2. The van der Waals surface area contributed by atoms with Crippen LogP contribution in [0.3, 0.4) is 0 Å². The van der Waals surface area contributed by atoms with Gasteiger partial charge in [0.05, 0.1) is 24.2 Å². The number of nitrogens with one attached hydrogen (secondary N) is 2. The molecule has 1 aromatic carbocycles. The van der Waals surface area contributed by atoms with Crippen LogP contribution in [-0.4, -0.2) is 32.2 Å². The fourth-order valence-corrected chi connectivity index (χ4v) is 1.93. The molecule has 0 aromatic heterocycles. The van der Waals surface area contributed by atoms with Gasteiger partial charge in [-0.2, -0.15) is 0 Å². The Kier molecular flexibility index (Phi) is 6.26. The monoisotopic (exact) mass is 319 g/mol. The summed E-state index contributed by atoms with van der Waals surface area (Å²) < 4.78 is 4.39. The minimum absolute atomic E-state index is 0.394. The molecule has 7 heteroatoms. The van der Waals surface area contributed by atoms with Gasteiger partial charge in [0, 0.05) is 5.56 Å². The van der Waals surface area contributed by atoms with Crippen LogP contribution in [0.4, 0.5) is 4.79 Å². The molecule has 2 atom stereocenters. The molecule has 0 aliphatic heterocycles. The van der Waals surface area contributed by atoms with E-state index in [-0.39, 0.29) is 0 Å². The van der Waals surface area contributed by atoms with Gasteiger partial charge in [0.15, 0.2) is 6.04 Å². The summed E-state index contributed by atoms with van der Waals surface area (Å²) in [6.45, 7) is 2.30. The quantitative estimate of drug-likeness (QED) is 0.879. The first-order valence-electron chi connectivity index (χ1n) is 6.00. The van der Waals surface area contributed by atoms with Gasteiger partial charge in [0.25, 0.3) is 5.91 Å². The van der Waals surface area contributed by atoms with Crippen LogP contribution in [0.2, 0.25) is 10.0 Å². The van der Waals surface area contributed by atoms with Gasteiger partial charge >= 0.3 is 6.09 Å². The zero-order chi connectivity index (χ0) is 15.3. The van der Waals surface area contributed by atoms with Crippen molar-refractivity contribution in [2.24, 2.45) is 0 Å². The maximum Gasteiger partial charge on any atom is 0.413 e. The number of carbonyl (C=O) groups excluding carboxylic acids is 2. The van der Waals surface area contributed by atoms with E-state index in [1.165, 1.54) is 7.11 Å². The molecule has 0 fully saturated rings. The lowest BCUT2D eigenvalue weighted by Crippen LogP contribution is -3.12. The van der Waals surface area contributed by atoms with Gasteiger partial charge in [0.1, 0.15) is 6.54 Å². The van der Waals surface area contributed by atoms with Gasteiger partial charge in [-0.25, -0.2) is 4.79 Å². The first-order valence-corrected chi connectivity index (χ1v) is 6.75. The number of halogens is 2. The smallest absolute Gasteiger partial charge is 0.413 e. The van der Waals surface area contributed by atoms with E-state index in [9.17, 15) is 9.59 Å². The molecule has 20 heavy (non-hydrogen) atoms. The number of hydrogen-bond donors (Lipinski definition) is 2. The van der Waals surface area contributed by atoms with Crippen LogP contribution in [0, 0.1) is 0 Å². The summed E-state index contributed by atoms with van der Waals surface area (Å²) in [6.07, 6.45) is -0.760. The lowest BCUT2D eigenvalue weighted by molar-refractivity contribution is -0.908. The minimum atomic E-state index is -0.760. The Labute approximate surface area is 127 Å². The van der Waals surface area contributed by atoms with Crippen molar-refractivity contribution in [3.05, 3.63) is 33.8 Å². The lowest BCUT2D eigenvalue weighted by Gasteiger charge is -2.20. The molecule has 0 saturated carbocycles. The number of benzene rings is 1. The number of imide groups is 1. The largest absolute Gasteiger partial charge is 0.453 e. The van der Waals surface area contributed by atoms with E-state index in [1.54, 1.807) is 19.1 Å². The number of alkyl carbamates (subject to hydrolysis) is 1. The molecule has 0 aliphatic rings. The summed E-state index contributed by atoms with van der Waals surface area (Å²) in [6, 6.07) is 4.91. The zero-order valence-corrected chi connectivity index (χ0v) is 13.0. The minimum Gasteiger partial charge on any atom is -0.453 e. The first kappa shape index (κ1) is 16.8. The normalized spacial score (nSPS) is 13.4. The summed E-state index contributed by atoms with van der Waals surface area (Å²) in [4.78, 5) is 23.7. The maximum absolute atomic E-state index is 11.8. The van der Waals surface area contributed by atoms with Crippen molar-refractivity contribution in [1.82, 2.24) is 5.32 Å². The zero-order valence-electron chi connectivity index (χ0n) is 11.5. The van der Waals surface area contributed by atoms with Crippen molar-refractivity contribution in [2.75, 3.05) is 14.2 Å². The van der Waals surface area contributed by atoms with Crippen molar-refractivity contribution >= 4 is 35.2 Å². The van der Waals surface area contributed by atoms with Gasteiger partial charge < -0.3 is 9.64 Å². The second-order valence-corrected chi connectivity index (χ2v) is 5.29. The molecule has 2 N–H and O–H groups in total. The summed E-state index contributed by atoms with van der Waals surface area (Å²) >= 11 is 11.8. The fourth-order valence-electron chi connectivity index (χ4n) is 1.61. The van der Waals surface area contributed by atoms with Gasteiger partial charge in [-0.15, -0.1) is 0 Å². The highest BCUT2D eigenvalue weighted by molar-refractivity contribution is 6.42. The average molecular weight is 320 g/mol. The third-order valence-electron chi connectivity index (χ3n) is 3.01. The Morgan fingerprint density at radius 3 is 2.55 bits per heavy atom. The second-order valence-electron chi connectivity index (χ2n) is 4.47. The van der Waals surface area contributed by atoms with Gasteiger partial charge in [-0.1, -0.05) is 29.3 Å². The molecule has 0 spiro atoms. The van der Waals surface area contributed by atoms with E-state index >= 15 is 0 Å². The maximum atomic E-state index is 11.8. The van der Waals surface area contributed by atoms with E-state index in [2.05, 4.69) is 10.1 Å². The topological polar surface area (TPSA) is 59.8 Å². The molecule has 1 rings (SSSR count). The van der Waals surface area contributed by atoms with Crippen molar-refractivity contribution in [1.29, 1.82) is 0 Å². The Morgan fingerprint density at radius 1 is 1.35 bits per heavy atom. The van der Waals surface area contributed by atoms with Gasteiger partial charge in [-0.3, -0.25) is 10.1 Å². The third kappa shape index (κ3) is 4.67. The highest BCUT2D eigenvalue weighted by Crippen LogP contribution is 2.22. The summed E-state index contributed by atoms with van der Waals surface area (Å²) in [5.41, 5.74) is 0.953. The molecule has 0 radical (unpaired) electrons. The molecule has 5 nitrogen and oxygen atoms in total. The van der Waals surface area contributed by atoms with Crippen LogP contribution in [-0.2, 0) is 16.1 Å². The Morgan fingerprint density at radius 2 is 2.00 bits per heavy atom. The van der Waals surface area contributed by atoms with Crippen molar-refractivity contribution < 1.29 is 19.2 Å². The molecule has 0 heterocycles. The molecular weight excluding hydrogens is 303 g/mol. The second kappa shape index (κ2) is 7.47. The molecule has 110 valence electrons. The highest BCUT2D eigenvalue weighted by Gasteiger charge is 2.24. The highest BCUT2D eigenvalue weighted by atomic mass is 35.5. The predicted octanol–water partition coefficient (Wildman–Crippen LogP) is 1.28. The van der Waals surface area contributed by atoms with Gasteiger partial charge in [-0.05, 0) is 19.1 Å². The Balaban J connectivity index is 2.65. The van der Waals surface area contributed by atoms with E-state index in [0.717, 1.165) is 10.5 Å². The standard InChI is InChI=1S/C13H16Cl2N2O3/c1-8(12(18)16-13(19)20-3)17(2)7-9-4-5-10(14)11(15)6-9/h4-6,8H,7H2,1-3H3,(H,16,18,19)/p+1/t8-/m0/s1. The van der Waals surface area contributed by atoms with Crippen LogP contribution in [0.25, 0.3) is 0 Å². The van der Waals surface area contributed by atoms with Crippen molar-refractivity contribution in [2.45, 2.75) is 19.5 Å². The van der Waals surface area contributed by atoms with E-state index in [4.69, 9.17) is 23.2 Å². The third-order valence-corrected chi connectivity index (χ3v) is 3.75. The van der Waals surface area contributed by atoms with Gasteiger partial charge in [0.2, 0.25) is 0 Å². The molecule has 1 aromatic rings. The van der Waals surface area contributed by atoms with Crippen LogP contribution in [0.15, 0.2) is 18.2 Å². The molecule has 0 aliphatic carbocycles. The molecule has 0 bridgehead atoms. The molecule has 0 saturated heterocycles. The SMILES string of the molecule is COC(=O)NC(=O)[C@H](C)[NH+](C)Cc1ccc(Cl)c(Cl)c1. The fraction of sp³-hybridized carbons (Fsp3) is 0.385. The molecule has 2 amide bonds. The van der Waals surface area contributed by atoms with Crippen molar-refractivity contribution in [3.8, 4) is 0 Å². The number of carbonyl (C=O) groups is 2. The number of hydrogen-bond acceptors (Lipinski definition) is 3. The predicted molar refractivity (Wildman–Crippen MR) is 77.1 cm³/mol. The number of rotatable bonds is 4. The van der Waals surface area contributed by atoms with E-state index in [1.807, 2.05) is 13.1 Å². The summed E-state index contributed by atoms with van der Waals surface area (Å²) in [5.74, 6) is -0.394. The summed E-state index contributed by atoms with van der Waals surface area (Å²) in [7, 11) is 3.06. The number of quaternary nitrogens is 1. The summed E-state index contributed by atoms with van der Waals surface area (Å²) in [5, 5.41) is 3.11. The number of likely N-dealkylation sites (N-methyl/N-ethyl adjacent to an activating group) is 1. The Bertz CT molecular complexity index is 508. The van der Waals surface area contributed by atoms with E-state index in [0.29, 0.717) is 16.6 Å². The number of methoxy groups -OCH3 is 1. The van der Waals surface area contributed by atoms with Crippen molar-refractivity contribution in [3.63, 3.8) is 0 Å². The molecule has 1 unspecified atom stereocenters. The average Bonchev–Trinajstić information content (AvgIpc) is 2.41. The molecular formula is C13H17Cl2N2O3+. The van der Waals surface area contributed by atoms with Crippen LogP contribution in [0.1, 0.15) is 12.5 Å². The van der Waals surface area contributed by atoms with E-state index < -0.39 is 18.0 Å².